The van der Waals surface area contributed by atoms with E-state index in [4.69, 9.17) is 0 Å². The number of anilines is 1. The highest BCUT2D eigenvalue weighted by Gasteiger charge is 2.17. The number of aromatic nitrogens is 5. The van der Waals surface area contributed by atoms with Crippen LogP contribution in [0.2, 0.25) is 0 Å². The van der Waals surface area contributed by atoms with E-state index >= 15 is 0 Å². The number of pyridine rings is 2. The second-order valence-corrected chi connectivity index (χ2v) is 5.79. The quantitative estimate of drug-likeness (QED) is 0.603. The number of aromatic amines is 1. The maximum Gasteiger partial charge on any atom is 0.222 e. The van der Waals surface area contributed by atoms with Gasteiger partial charge in [0.05, 0.1) is 22.9 Å². The lowest BCUT2D eigenvalue weighted by Gasteiger charge is -2.06. The van der Waals surface area contributed by atoms with Crippen LogP contribution in [-0.4, -0.2) is 30.6 Å². The molecule has 4 heterocycles. The van der Waals surface area contributed by atoms with E-state index in [2.05, 4.69) is 25.4 Å². The minimum absolute atomic E-state index is 0.157. The number of fused-ring (bicyclic) bond motifs is 1. The fourth-order valence-electron chi connectivity index (χ4n) is 2.90. The second-order valence-electron chi connectivity index (χ2n) is 5.79. The molecular formula is C18H16N6O. The van der Waals surface area contributed by atoms with Gasteiger partial charge in [0.25, 0.3) is 0 Å². The van der Waals surface area contributed by atoms with Gasteiger partial charge in [0.1, 0.15) is 5.82 Å². The van der Waals surface area contributed by atoms with Gasteiger partial charge in [-0.25, -0.2) is 4.98 Å². The Bertz CT molecular complexity index is 1080. The standard InChI is InChI=1S/C18H16N6O/c1-11(25)22-15-8-12(5-7-19-15)17-16(13-9-21-24(2)10-13)18-14(23-17)4-3-6-20-18/h3-10,23H,1-2H3,(H,19,22,25). The molecule has 4 rings (SSSR count). The van der Waals surface area contributed by atoms with Crippen molar-refractivity contribution in [1.82, 2.24) is 24.7 Å². The highest BCUT2D eigenvalue weighted by atomic mass is 16.1. The van der Waals surface area contributed by atoms with Crippen LogP contribution >= 0.6 is 0 Å². The van der Waals surface area contributed by atoms with Crippen LogP contribution in [0.15, 0.2) is 49.1 Å². The second kappa shape index (κ2) is 5.86. The molecule has 0 saturated carbocycles. The van der Waals surface area contributed by atoms with Gasteiger partial charge in [-0.05, 0) is 24.3 Å². The summed E-state index contributed by atoms with van der Waals surface area (Å²) >= 11 is 0. The molecule has 0 atom stereocenters. The van der Waals surface area contributed by atoms with Crippen molar-refractivity contribution >= 4 is 22.8 Å². The molecule has 0 fully saturated rings. The molecule has 7 nitrogen and oxygen atoms in total. The third-order valence-corrected chi connectivity index (χ3v) is 3.90. The maximum absolute atomic E-state index is 11.3. The largest absolute Gasteiger partial charge is 0.353 e. The zero-order valence-electron chi connectivity index (χ0n) is 13.8. The predicted molar refractivity (Wildman–Crippen MR) is 95.8 cm³/mol. The lowest BCUT2D eigenvalue weighted by molar-refractivity contribution is -0.114. The van der Waals surface area contributed by atoms with Crippen LogP contribution in [0.5, 0.6) is 0 Å². The van der Waals surface area contributed by atoms with Crippen molar-refractivity contribution in [3.05, 3.63) is 49.1 Å². The van der Waals surface area contributed by atoms with Gasteiger partial charge in [0.15, 0.2) is 0 Å². The molecule has 0 radical (unpaired) electrons. The minimum atomic E-state index is -0.157. The lowest BCUT2D eigenvalue weighted by Crippen LogP contribution is -2.07. The summed E-state index contributed by atoms with van der Waals surface area (Å²) in [5.74, 6) is 0.351. The fourth-order valence-corrected chi connectivity index (χ4v) is 2.90. The van der Waals surface area contributed by atoms with Crippen molar-refractivity contribution in [2.45, 2.75) is 6.92 Å². The van der Waals surface area contributed by atoms with Gasteiger partial charge >= 0.3 is 0 Å². The molecule has 0 aliphatic carbocycles. The fraction of sp³-hybridized carbons (Fsp3) is 0.111. The summed E-state index contributed by atoms with van der Waals surface area (Å²) in [4.78, 5) is 23.5. The number of carbonyl (C=O) groups excluding carboxylic acids is 1. The van der Waals surface area contributed by atoms with E-state index in [1.807, 2.05) is 43.7 Å². The smallest absolute Gasteiger partial charge is 0.222 e. The number of H-pyrrole nitrogens is 1. The first-order valence-electron chi connectivity index (χ1n) is 7.81. The number of rotatable bonds is 3. The zero-order valence-corrected chi connectivity index (χ0v) is 13.8. The van der Waals surface area contributed by atoms with E-state index in [1.54, 1.807) is 17.1 Å². The van der Waals surface area contributed by atoms with Gasteiger partial charge in [0, 0.05) is 49.3 Å². The first-order valence-corrected chi connectivity index (χ1v) is 7.81. The highest BCUT2D eigenvalue weighted by molar-refractivity contribution is 6.01. The molecule has 124 valence electrons. The van der Waals surface area contributed by atoms with Crippen molar-refractivity contribution in [3.63, 3.8) is 0 Å². The molecule has 4 aromatic rings. The van der Waals surface area contributed by atoms with Crippen LogP contribution in [0.1, 0.15) is 6.92 Å². The molecule has 0 aromatic carbocycles. The monoisotopic (exact) mass is 332 g/mol. The highest BCUT2D eigenvalue weighted by Crippen LogP contribution is 2.37. The van der Waals surface area contributed by atoms with Gasteiger partial charge < -0.3 is 10.3 Å². The SMILES string of the molecule is CC(=O)Nc1cc(-c2[nH]c3cccnc3c2-c2cnn(C)c2)ccn1. The maximum atomic E-state index is 11.3. The van der Waals surface area contributed by atoms with Crippen LogP contribution in [0.25, 0.3) is 33.4 Å². The van der Waals surface area contributed by atoms with Crippen molar-refractivity contribution in [2.75, 3.05) is 5.32 Å². The van der Waals surface area contributed by atoms with Crippen molar-refractivity contribution in [1.29, 1.82) is 0 Å². The summed E-state index contributed by atoms with van der Waals surface area (Å²) in [7, 11) is 1.88. The average Bonchev–Trinajstić information content (AvgIpc) is 3.17. The number of carbonyl (C=O) groups is 1. The van der Waals surface area contributed by atoms with Crippen molar-refractivity contribution < 1.29 is 4.79 Å². The molecule has 0 saturated heterocycles. The van der Waals surface area contributed by atoms with Crippen LogP contribution in [0.3, 0.4) is 0 Å². The van der Waals surface area contributed by atoms with Gasteiger partial charge in [-0.3, -0.25) is 14.5 Å². The van der Waals surface area contributed by atoms with E-state index in [1.165, 1.54) is 6.92 Å². The van der Waals surface area contributed by atoms with Crippen LogP contribution in [-0.2, 0) is 11.8 Å². The number of aryl methyl sites for hydroxylation is 1. The Labute approximate surface area is 143 Å². The van der Waals surface area contributed by atoms with Gasteiger partial charge in [-0.2, -0.15) is 5.10 Å². The van der Waals surface area contributed by atoms with E-state index in [9.17, 15) is 4.79 Å². The number of hydrogen-bond donors (Lipinski definition) is 2. The molecule has 25 heavy (non-hydrogen) atoms. The lowest BCUT2D eigenvalue weighted by atomic mass is 10.0. The Kier molecular flexibility index (Phi) is 3.53. The van der Waals surface area contributed by atoms with Crippen LogP contribution < -0.4 is 5.32 Å². The molecule has 4 aromatic heterocycles. The first kappa shape index (κ1) is 15.1. The molecule has 0 aliphatic rings. The normalized spacial score (nSPS) is 11.0. The summed E-state index contributed by atoms with van der Waals surface area (Å²) in [5, 5.41) is 6.99. The minimum Gasteiger partial charge on any atom is -0.353 e. The van der Waals surface area contributed by atoms with Crippen LogP contribution in [0, 0.1) is 0 Å². The van der Waals surface area contributed by atoms with E-state index in [0.29, 0.717) is 5.82 Å². The van der Waals surface area contributed by atoms with Gasteiger partial charge in [0.2, 0.25) is 5.91 Å². The summed E-state index contributed by atoms with van der Waals surface area (Å²) in [6.45, 7) is 1.46. The Morgan fingerprint density at radius 1 is 1.20 bits per heavy atom. The molecule has 7 heteroatoms. The summed E-state index contributed by atoms with van der Waals surface area (Å²) in [6, 6.07) is 7.62. The van der Waals surface area contributed by atoms with E-state index in [0.717, 1.165) is 33.4 Å². The summed E-state index contributed by atoms with van der Waals surface area (Å²) in [5.41, 5.74) is 5.59. The average molecular weight is 332 g/mol. The molecule has 1 amide bonds. The molecule has 0 spiro atoms. The molecule has 0 bridgehead atoms. The summed E-state index contributed by atoms with van der Waals surface area (Å²) in [6.07, 6.45) is 7.22. The Balaban J connectivity index is 1.94. The Hall–Kier alpha value is -3.48. The molecule has 2 N–H and O–H groups in total. The topological polar surface area (TPSA) is 88.5 Å². The van der Waals surface area contributed by atoms with E-state index < -0.39 is 0 Å². The zero-order chi connectivity index (χ0) is 17.4. The predicted octanol–water partition coefficient (Wildman–Crippen LogP) is 2.98. The first-order chi connectivity index (χ1) is 12.1. The number of nitrogens with zero attached hydrogens (tertiary/aromatic N) is 4. The molecule has 0 aliphatic heterocycles. The van der Waals surface area contributed by atoms with Crippen molar-refractivity contribution in [2.24, 2.45) is 7.05 Å². The molecular weight excluding hydrogens is 316 g/mol. The van der Waals surface area contributed by atoms with Gasteiger partial charge in [-0.1, -0.05) is 0 Å². The summed E-state index contributed by atoms with van der Waals surface area (Å²) < 4.78 is 1.76. The molecule has 0 unspecified atom stereocenters. The third-order valence-electron chi connectivity index (χ3n) is 3.90. The number of amides is 1. The third kappa shape index (κ3) is 2.76. The van der Waals surface area contributed by atoms with Crippen LogP contribution in [0.4, 0.5) is 5.82 Å². The number of nitrogens with one attached hydrogen (secondary N) is 2. The Morgan fingerprint density at radius 3 is 2.84 bits per heavy atom. The Morgan fingerprint density at radius 2 is 2.08 bits per heavy atom. The van der Waals surface area contributed by atoms with E-state index in [-0.39, 0.29) is 5.91 Å². The van der Waals surface area contributed by atoms with Crippen molar-refractivity contribution in [3.8, 4) is 22.4 Å². The number of hydrogen-bond acceptors (Lipinski definition) is 4. The van der Waals surface area contributed by atoms with Gasteiger partial charge in [-0.15, -0.1) is 0 Å².